The minimum Gasteiger partial charge on any atom is -0.368 e. The molecule has 5 heteroatoms. The molecule has 1 aliphatic carbocycles. The normalized spacial score (nSPS) is 22.4. The SMILES string of the molecule is Cc1c(N2CCC3(CCNCC3)CC2)c(C2CCC2)nn1-c1ccc(F)cc1. The Morgan fingerprint density at radius 1 is 1.04 bits per heavy atom. The first-order valence-corrected chi connectivity index (χ1v) is 11.0. The summed E-state index contributed by atoms with van der Waals surface area (Å²) in [6.45, 7) is 6.80. The Balaban J connectivity index is 1.45. The Bertz CT molecular complexity index is 821. The number of piperidine rings is 2. The van der Waals surface area contributed by atoms with Crippen LogP contribution in [0.5, 0.6) is 0 Å². The third-order valence-corrected chi connectivity index (χ3v) is 7.48. The third kappa shape index (κ3) is 3.14. The molecule has 1 spiro atoms. The summed E-state index contributed by atoms with van der Waals surface area (Å²) < 4.78 is 15.4. The van der Waals surface area contributed by atoms with E-state index in [1.54, 1.807) is 0 Å². The molecule has 1 saturated carbocycles. The standard InChI is InChI=1S/C23H31FN4/c1-17-22(27-15-11-23(12-16-27)9-13-25-14-10-23)21(18-3-2-4-18)26-28(17)20-7-5-19(24)6-8-20/h5-8,18,25H,2-4,9-16H2,1H3. The molecule has 2 aromatic rings. The number of rotatable bonds is 3. The van der Waals surface area contributed by atoms with Crippen LogP contribution in [0.25, 0.3) is 5.69 Å². The summed E-state index contributed by atoms with van der Waals surface area (Å²) in [4.78, 5) is 2.60. The van der Waals surface area contributed by atoms with Crippen LogP contribution in [0.3, 0.4) is 0 Å². The van der Waals surface area contributed by atoms with E-state index < -0.39 is 0 Å². The van der Waals surface area contributed by atoms with Gasteiger partial charge in [-0.05, 0) is 88.2 Å². The van der Waals surface area contributed by atoms with Crippen molar-refractivity contribution in [2.24, 2.45) is 5.41 Å². The maximum absolute atomic E-state index is 13.4. The molecule has 3 aliphatic rings. The lowest BCUT2D eigenvalue weighted by atomic mass is 9.71. The lowest BCUT2D eigenvalue weighted by Crippen LogP contribution is -2.46. The summed E-state index contributed by atoms with van der Waals surface area (Å²) in [5.41, 5.74) is 5.35. The monoisotopic (exact) mass is 382 g/mol. The lowest BCUT2D eigenvalue weighted by molar-refractivity contribution is 0.154. The van der Waals surface area contributed by atoms with Crippen LogP contribution in [0, 0.1) is 18.2 Å². The van der Waals surface area contributed by atoms with Gasteiger partial charge in [0.2, 0.25) is 0 Å². The second kappa shape index (κ2) is 7.18. The van der Waals surface area contributed by atoms with Crippen molar-refractivity contribution in [3.63, 3.8) is 0 Å². The summed E-state index contributed by atoms with van der Waals surface area (Å²) in [5, 5.41) is 8.57. The topological polar surface area (TPSA) is 33.1 Å². The van der Waals surface area contributed by atoms with E-state index in [1.165, 1.54) is 87.2 Å². The fraction of sp³-hybridized carbons (Fsp3) is 0.609. The smallest absolute Gasteiger partial charge is 0.123 e. The van der Waals surface area contributed by atoms with Crippen molar-refractivity contribution in [2.75, 3.05) is 31.1 Å². The van der Waals surface area contributed by atoms with E-state index >= 15 is 0 Å². The van der Waals surface area contributed by atoms with E-state index in [0.717, 1.165) is 18.8 Å². The average Bonchev–Trinajstić information content (AvgIpc) is 2.99. The maximum Gasteiger partial charge on any atom is 0.123 e. The zero-order valence-corrected chi connectivity index (χ0v) is 16.9. The van der Waals surface area contributed by atoms with Gasteiger partial charge in [0.15, 0.2) is 0 Å². The molecule has 5 rings (SSSR count). The van der Waals surface area contributed by atoms with Crippen molar-refractivity contribution in [2.45, 2.75) is 57.8 Å². The minimum atomic E-state index is -0.198. The Morgan fingerprint density at radius 2 is 1.71 bits per heavy atom. The van der Waals surface area contributed by atoms with E-state index in [0.29, 0.717) is 11.3 Å². The maximum atomic E-state index is 13.4. The molecule has 2 aliphatic heterocycles. The largest absolute Gasteiger partial charge is 0.368 e. The number of hydrogen-bond acceptors (Lipinski definition) is 3. The molecule has 0 bridgehead atoms. The molecule has 2 saturated heterocycles. The van der Waals surface area contributed by atoms with Crippen LogP contribution in [0.1, 0.15) is 62.3 Å². The fourth-order valence-corrected chi connectivity index (χ4v) is 5.36. The number of aromatic nitrogens is 2. The van der Waals surface area contributed by atoms with Crippen LogP contribution in [0.2, 0.25) is 0 Å². The van der Waals surface area contributed by atoms with Gasteiger partial charge in [0.25, 0.3) is 0 Å². The van der Waals surface area contributed by atoms with Crippen LogP contribution >= 0.6 is 0 Å². The number of anilines is 1. The zero-order chi connectivity index (χ0) is 19.1. The first kappa shape index (κ1) is 18.2. The van der Waals surface area contributed by atoms with E-state index in [1.807, 2.05) is 16.8 Å². The molecule has 0 radical (unpaired) electrons. The quantitative estimate of drug-likeness (QED) is 0.845. The van der Waals surface area contributed by atoms with Crippen molar-refractivity contribution in [3.05, 3.63) is 41.5 Å². The van der Waals surface area contributed by atoms with E-state index in [4.69, 9.17) is 5.10 Å². The molecule has 1 aromatic carbocycles. The fourth-order valence-electron chi connectivity index (χ4n) is 5.36. The molecule has 150 valence electrons. The number of hydrogen-bond donors (Lipinski definition) is 1. The van der Waals surface area contributed by atoms with Crippen molar-refractivity contribution >= 4 is 5.69 Å². The highest BCUT2D eigenvalue weighted by atomic mass is 19.1. The number of nitrogens with zero attached hydrogens (tertiary/aromatic N) is 3. The average molecular weight is 383 g/mol. The van der Waals surface area contributed by atoms with Gasteiger partial charge in [0.05, 0.1) is 22.8 Å². The summed E-state index contributed by atoms with van der Waals surface area (Å²) in [6, 6.07) is 6.73. The Morgan fingerprint density at radius 3 is 2.32 bits per heavy atom. The van der Waals surface area contributed by atoms with Crippen LogP contribution in [-0.4, -0.2) is 36.0 Å². The molecule has 0 unspecified atom stereocenters. The minimum absolute atomic E-state index is 0.198. The molecule has 28 heavy (non-hydrogen) atoms. The van der Waals surface area contributed by atoms with Crippen LogP contribution in [0.4, 0.5) is 10.1 Å². The van der Waals surface area contributed by atoms with E-state index in [9.17, 15) is 4.39 Å². The predicted octanol–water partition coefficient (Wildman–Crippen LogP) is 4.56. The highest BCUT2D eigenvalue weighted by Gasteiger charge is 2.38. The van der Waals surface area contributed by atoms with Gasteiger partial charge < -0.3 is 10.2 Å². The number of benzene rings is 1. The molecule has 1 N–H and O–H groups in total. The van der Waals surface area contributed by atoms with E-state index in [2.05, 4.69) is 17.1 Å². The van der Waals surface area contributed by atoms with Gasteiger partial charge in [0, 0.05) is 19.0 Å². The van der Waals surface area contributed by atoms with Crippen LogP contribution in [0.15, 0.2) is 24.3 Å². The van der Waals surface area contributed by atoms with Gasteiger partial charge in [0.1, 0.15) is 5.82 Å². The Labute approximate surface area is 167 Å². The van der Waals surface area contributed by atoms with Crippen molar-refractivity contribution in [1.29, 1.82) is 0 Å². The highest BCUT2D eigenvalue weighted by Crippen LogP contribution is 2.45. The van der Waals surface area contributed by atoms with Crippen molar-refractivity contribution in [3.8, 4) is 5.69 Å². The van der Waals surface area contributed by atoms with Gasteiger partial charge >= 0.3 is 0 Å². The molecule has 0 amide bonds. The second-order valence-corrected chi connectivity index (χ2v) is 9.07. The summed E-state index contributed by atoms with van der Waals surface area (Å²) in [7, 11) is 0. The number of halogens is 1. The highest BCUT2D eigenvalue weighted by molar-refractivity contribution is 5.59. The molecule has 3 fully saturated rings. The van der Waals surface area contributed by atoms with Crippen molar-refractivity contribution in [1.82, 2.24) is 15.1 Å². The van der Waals surface area contributed by atoms with Gasteiger partial charge in [-0.3, -0.25) is 0 Å². The number of nitrogens with one attached hydrogen (secondary N) is 1. The second-order valence-electron chi connectivity index (χ2n) is 9.07. The van der Waals surface area contributed by atoms with Gasteiger partial charge in [-0.25, -0.2) is 9.07 Å². The molecular formula is C23H31FN4. The summed E-state index contributed by atoms with van der Waals surface area (Å²) in [5.74, 6) is 0.390. The van der Waals surface area contributed by atoms with Gasteiger partial charge in [-0.1, -0.05) is 6.42 Å². The Hall–Kier alpha value is -1.88. The first-order chi connectivity index (χ1) is 13.7. The predicted molar refractivity (Wildman–Crippen MR) is 111 cm³/mol. The van der Waals surface area contributed by atoms with E-state index in [-0.39, 0.29) is 5.82 Å². The molecule has 1 aromatic heterocycles. The molecule has 4 nitrogen and oxygen atoms in total. The third-order valence-electron chi connectivity index (χ3n) is 7.48. The lowest BCUT2D eigenvalue weighted by Gasteiger charge is -2.45. The van der Waals surface area contributed by atoms with Crippen molar-refractivity contribution < 1.29 is 4.39 Å². The summed E-state index contributed by atoms with van der Waals surface area (Å²) in [6.07, 6.45) is 9.03. The molecule has 3 heterocycles. The Kier molecular flexibility index (Phi) is 4.66. The zero-order valence-electron chi connectivity index (χ0n) is 16.9. The van der Waals surface area contributed by atoms with Gasteiger partial charge in [-0.2, -0.15) is 5.10 Å². The molecular weight excluding hydrogens is 351 g/mol. The van der Waals surface area contributed by atoms with Crippen LogP contribution < -0.4 is 10.2 Å². The molecule has 0 atom stereocenters. The summed E-state index contributed by atoms with van der Waals surface area (Å²) >= 11 is 0. The van der Waals surface area contributed by atoms with Crippen LogP contribution in [-0.2, 0) is 0 Å². The van der Waals surface area contributed by atoms with Gasteiger partial charge in [-0.15, -0.1) is 0 Å². The first-order valence-electron chi connectivity index (χ1n) is 11.0.